The molecule has 0 radical (unpaired) electrons. The van der Waals surface area contributed by atoms with Crippen molar-refractivity contribution >= 4 is 46.6 Å². The summed E-state index contributed by atoms with van der Waals surface area (Å²) >= 11 is 7.07. The fourth-order valence-corrected chi connectivity index (χ4v) is 3.78. The summed E-state index contributed by atoms with van der Waals surface area (Å²) < 4.78 is 52.6. The molecule has 0 aliphatic rings. The van der Waals surface area contributed by atoms with Gasteiger partial charge in [-0.15, -0.1) is 11.8 Å². The Morgan fingerprint density at radius 1 is 1.21 bits per heavy atom. The van der Waals surface area contributed by atoms with Gasteiger partial charge in [0.15, 0.2) is 0 Å². The number of thioether (sulfide) groups is 1. The summed E-state index contributed by atoms with van der Waals surface area (Å²) in [6.45, 7) is 4.85. The number of nitrogens with zero attached hydrogens (tertiary/aromatic N) is 1. The number of carbonyl (C=O) groups is 3. The second-order valence-electron chi connectivity index (χ2n) is 6.26. The highest BCUT2D eigenvalue weighted by Gasteiger charge is 2.32. The number of Topliss-reactive ketones (excluding diaryl/α,β-unsaturated/α-hetero) is 1. The quantitative estimate of drug-likeness (QED) is 0.301. The van der Waals surface area contributed by atoms with E-state index >= 15 is 0 Å². The van der Waals surface area contributed by atoms with Crippen LogP contribution < -0.4 is 4.90 Å². The third kappa shape index (κ3) is 6.85. The number of allylic oxidation sites excluding steroid dienone is 1. The van der Waals surface area contributed by atoms with Gasteiger partial charge >= 0.3 is 6.18 Å². The molecule has 0 saturated carbocycles. The van der Waals surface area contributed by atoms with Crippen molar-refractivity contribution in [2.75, 3.05) is 4.90 Å². The third-order valence-electron chi connectivity index (χ3n) is 3.84. The van der Waals surface area contributed by atoms with Crippen LogP contribution in [0.15, 0.2) is 28.7 Å². The molecular weight excluding hydrogens is 434 g/mol. The van der Waals surface area contributed by atoms with Gasteiger partial charge in [-0.2, -0.15) is 13.2 Å². The van der Waals surface area contributed by atoms with Crippen molar-refractivity contribution in [1.29, 1.82) is 0 Å². The van der Waals surface area contributed by atoms with E-state index in [0.717, 1.165) is 30.8 Å². The average molecular weight is 454 g/mol. The lowest BCUT2D eigenvalue weighted by molar-refractivity contribution is -0.124. The third-order valence-corrected chi connectivity index (χ3v) is 5.71. The van der Waals surface area contributed by atoms with Crippen molar-refractivity contribution < 1.29 is 31.9 Å². The van der Waals surface area contributed by atoms with Crippen LogP contribution in [0.1, 0.15) is 40.5 Å². The zero-order valence-corrected chi connectivity index (χ0v) is 17.8. The van der Waals surface area contributed by atoms with Gasteiger partial charge in [0, 0.05) is 23.5 Å². The molecule has 0 N–H and O–H groups in total. The van der Waals surface area contributed by atoms with E-state index in [9.17, 15) is 31.9 Å². The first-order chi connectivity index (χ1) is 13.3. The lowest BCUT2D eigenvalue weighted by atomic mass is 10.2. The number of hydrogen-bond acceptors (Lipinski definition) is 4. The van der Waals surface area contributed by atoms with Crippen LogP contribution in [-0.2, 0) is 14.4 Å². The second kappa shape index (κ2) is 10.2. The fraction of sp³-hybridized carbons (Fsp3) is 0.421. The minimum atomic E-state index is -4.77. The molecule has 160 valence electrons. The van der Waals surface area contributed by atoms with E-state index in [2.05, 4.69) is 0 Å². The minimum Gasteiger partial charge on any atom is -0.299 e. The molecule has 1 rings (SSSR count). The van der Waals surface area contributed by atoms with E-state index in [1.54, 1.807) is 0 Å². The number of imide groups is 1. The maximum atomic E-state index is 14.5. The van der Waals surface area contributed by atoms with Crippen LogP contribution >= 0.6 is 23.4 Å². The Morgan fingerprint density at radius 3 is 2.24 bits per heavy atom. The smallest absolute Gasteiger partial charge is 0.299 e. The van der Waals surface area contributed by atoms with Gasteiger partial charge < -0.3 is 0 Å². The lowest BCUT2D eigenvalue weighted by Gasteiger charge is -2.21. The van der Waals surface area contributed by atoms with E-state index < -0.39 is 40.3 Å². The molecule has 0 spiro atoms. The Balaban J connectivity index is 3.43. The molecule has 1 aromatic carbocycles. The molecule has 1 aromatic rings. The molecular formula is C19H20ClF4NO3S. The van der Waals surface area contributed by atoms with Crippen LogP contribution in [0.2, 0.25) is 5.02 Å². The maximum Gasteiger partial charge on any atom is 0.412 e. The predicted molar refractivity (Wildman–Crippen MR) is 105 cm³/mol. The molecule has 0 aromatic heterocycles. The van der Waals surface area contributed by atoms with Crippen molar-refractivity contribution in [3.05, 3.63) is 34.6 Å². The summed E-state index contributed by atoms with van der Waals surface area (Å²) in [5.41, 5.74) is -1.78. The molecule has 0 bridgehead atoms. The number of anilines is 1. The molecule has 1 atom stereocenters. The molecule has 10 heteroatoms. The van der Waals surface area contributed by atoms with Crippen LogP contribution in [0.5, 0.6) is 0 Å². The van der Waals surface area contributed by atoms with Gasteiger partial charge in [0.2, 0.25) is 5.91 Å². The van der Waals surface area contributed by atoms with Gasteiger partial charge in [0.1, 0.15) is 11.6 Å². The zero-order valence-electron chi connectivity index (χ0n) is 16.2. The maximum absolute atomic E-state index is 14.5. The number of rotatable bonds is 7. The van der Waals surface area contributed by atoms with Crippen LogP contribution in [0.25, 0.3) is 0 Å². The first kappa shape index (κ1) is 25.2. The molecule has 0 fully saturated rings. The summed E-state index contributed by atoms with van der Waals surface area (Å²) in [7, 11) is 0. The van der Waals surface area contributed by atoms with Crippen LogP contribution in [-0.4, -0.2) is 29.0 Å². The number of hydrogen-bond donors (Lipinski definition) is 0. The minimum absolute atomic E-state index is 0.0448. The van der Waals surface area contributed by atoms with Crippen LogP contribution in [0.4, 0.5) is 23.2 Å². The van der Waals surface area contributed by atoms with Crippen molar-refractivity contribution in [2.24, 2.45) is 0 Å². The zero-order chi connectivity index (χ0) is 22.5. The molecule has 0 heterocycles. The first-order valence-corrected chi connectivity index (χ1v) is 9.81. The number of halogens is 5. The van der Waals surface area contributed by atoms with Crippen molar-refractivity contribution in [3.8, 4) is 0 Å². The molecule has 29 heavy (non-hydrogen) atoms. The summed E-state index contributed by atoms with van der Waals surface area (Å²) in [6, 6.07) is 1.94. The largest absolute Gasteiger partial charge is 0.412 e. The van der Waals surface area contributed by atoms with Gasteiger partial charge in [0.25, 0.3) is 5.91 Å². The van der Waals surface area contributed by atoms with Gasteiger partial charge in [-0.05, 0) is 32.4 Å². The lowest BCUT2D eigenvalue weighted by Crippen LogP contribution is -2.35. The van der Waals surface area contributed by atoms with E-state index in [-0.39, 0.29) is 21.8 Å². The van der Waals surface area contributed by atoms with Crippen LogP contribution in [0.3, 0.4) is 0 Å². The monoisotopic (exact) mass is 453 g/mol. The normalized spacial score (nSPS) is 13.2. The molecule has 1 unspecified atom stereocenters. The summed E-state index contributed by atoms with van der Waals surface area (Å²) in [5, 5.41) is -0.527. The van der Waals surface area contributed by atoms with Crippen molar-refractivity contribution in [2.45, 2.75) is 56.9 Å². The number of ketones is 1. The Kier molecular flexibility index (Phi) is 8.89. The number of benzene rings is 1. The predicted octanol–water partition coefficient (Wildman–Crippen LogP) is 5.72. The fourth-order valence-electron chi connectivity index (χ4n) is 2.32. The topological polar surface area (TPSA) is 54.5 Å². The SMILES string of the molecule is CCCC(Sc1cc(N(C(C)=O)C(=O)/C=C(\C)C(F)(F)F)c(F)cc1Cl)C(C)=O. The van der Waals surface area contributed by atoms with E-state index in [0.29, 0.717) is 24.7 Å². The van der Waals surface area contributed by atoms with Gasteiger partial charge in [-0.1, -0.05) is 24.9 Å². The Labute approximate surface area is 175 Å². The molecule has 0 saturated heterocycles. The summed E-state index contributed by atoms with van der Waals surface area (Å²) in [4.78, 5) is 36.5. The summed E-state index contributed by atoms with van der Waals surface area (Å²) in [5.74, 6) is -3.52. The molecule has 0 aliphatic carbocycles. The van der Waals surface area contributed by atoms with Crippen molar-refractivity contribution in [3.63, 3.8) is 0 Å². The van der Waals surface area contributed by atoms with Crippen LogP contribution in [0, 0.1) is 5.82 Å². The Morgan fingerprint density at radius 2 is 1.79 bits per heavy atom. The highest BCUT2D eigenvalue weighted by atomic mass is 35.5. The van der Waals surface area contributed by atoms with Gasteiger partial charge in [0.05, 0.1) is 16.0 Å². The highest BCUT2D eigenvalue weighted by Crippen LogP contribution is 2.37. The van der Waals surface area contributed by atoms with Gasteiger partial charge in [-0.3, -0.25) is 14.4 Å². The van der Waals surface area contributed by atoms with Gasteiger partial charge in [-0.25, -0.2) is 9.29 Å². The molecule has 0 aliphatic heterocycles. The number of alkyl halides is 3. The highest BCUT2D eigenvalue weighted by molar-refractivity contribution is 8.00. The van der Waals surface area contributed by atoms with E-state index in [1.165, 1.54) is 6.92 Å². The second-order valence-corrected chi connectivity index (χ2v) is 7.91. The number of carbonyl (C=O) groups excluding carboxylic acids is 3. The molecule has 2 amide bonds. The Hall–Kier alpha value is -1.87. The average Bonchev–Trinajstić information content (AvgIpc) is 2.56. The van der Waals surface area contributed by atoms with E-state index in [4.69, 9.17) is 11.6 Å². The first-order valence-electron chi connectivity index (χ1n) is 8.55. The standard InChI is InChI=1S/C19H20ClF4NO3S/c1-5-6-16(11(3)26)29-17-9-15(14(21)8-13(17)20)25(12(4)27)18(28)7-10(2)19(22,23)24/h7-9,16H,5-6H2,1-4H3/b10-7+. The van der Waals surface area contributed by atoms with Crippen molar-refractivity contribution in [1.82, 2.24) is 0 Å². The Bertz CT molecular complexity index is 839. The summed E-state index contributed by atoms with van der Waals surface area (Å²) in [6.07, 6.45) is -3.33. The molecule has 4 nitrogen and oxygen atoms in total. The van der Waals surface area contributed by atoms with E-state index in [1.807, 2.05) is 6.92 Å². The number of amides is 2.